The molecule has 2 aromatic rings. The van der Waals surface area contributed by atoms with Crippen LogP contribution in [0.1, 0.15) is 44.7 Å². The highest BCUT2D eigenvalue weighted by molar-refractivity contribution is 5.67. The molecule has 0 atom stereocenters. The molecule has 3 heteroatoms. The van der Waals surface area contributed by atoms with E-state index < -0.39 is 5.97 Å². The third kappa shape index (κ3) is 4.85. The van der Waals surface area contributed by atoms with Gasteiger partial charge >= 0.3 is 5.97 Å². The van der Waals surface area contributed by atoms with Gasteiger partial charge in [0.25, 0.3) is 0 Å². The highest BCUT2D eigenvalue weighted by atomic mass is 16.5. The summed E-state index contributed by atoms with van der Waals surface area (Å²) < 4.78 is 5.84. The maximum atomic E-state index is 10.6. The summed E-state index contributed by atoms with van der Waals surface area (Å²) in [5, 5.41) is 8.70. The third-order valence-electron chi connectivity index (χ3n) is 4.31. The zero-order valence-corrected chi connectivity index (χ0v) is 14.0. The van der Waals surface area contributed by atoms with Gasteiger partial charge < -0.3 is 9.84 Å². The van der Waals surface area contributed by atoms with Crippen LogP contribution in [-0.4, -0.2) is 11.1 Å². The summed E-state index contributed by atoms with van der Waals surface area (Å²) in [6.45, 7) is 6.66. The van der Waals surface area contributed by atoms with Crippen molar-refractivity contribution in [2.24, 2.45) is 0 Å². The van der Waals surface area contributed by atoms with Gasteiger partial charge in [-0.2, -0.15) is 0 Å². The summed E-state index contributed by atoms with van der Waals surface area (Å²) >= 11 is 0. The highest BCUT2D eigenvalue weighted by Crippen LogP contribution is 2.29. The van der Waals surface area contributed by atoms with Crippen LogP contribution >= 0.6 is 0 Å². The fourth-order valence-electron chi connectivity index (χ4n) is 2.29. The van der Waals surface area contributed by atoms with Crippen molar-refractivity contribution in [2.45, 2.75) is 45.4 Å². The van der Waals surface area contributed by atoms with Crippen molar-refractivity contribution in [2.75, 3.05) is 0 Å². The molecule has 0 radical (unpaired) electrons. The second kappa shape index (κ2) is 7.32. The SMILES string of the molecule is CCC(C)(C)c1ccc(Oc2ccc(CCC(=O)O)cc2)cc1. The highest BCUT2D eigenvalue weighted by Gasteiger charge is 2.17. The Balaban J connectivity index is 2.00. The van der Waals surface area contributed by atoms with Gasteiger partial charge in [-0.25, -0.2) is 0 Å². The molecule has 0 aliphatic rings. The molecule has 2 rings (SSSR count). The Labute approximate surface area is 137 Å². The van der Waals surface area contributed by atoms with E-state index in [1.165, 1.54) is 5.56 Å². The molecule has 0 bridgehead atoms. The number of carbonyl (C=O) groups is 1. The largest absolute Gasteiger partial charge is 0.481 e. The van der Waals surface area contributed by atoms with E-state index in [0.29, 0.717) is 6.42 Å². The lowest BCUT2D eigenvalue weighted by molar-refractivity contribution is -0.136. The Hall–Kier alpha value is -2.29. The number of carboxylic acid groups (broad SMARTS) is 1. The molecule has 0 aromatic heterocycles. The summed E-state index contributed by atoms with van der Waals surface area (Å²) in [6.07, 6.45) is 1.77. The number of carboxylic acids is 1. The van der Waals surface area contributed by atoms with E-state index in [0.717, 1.165) is 23.5 Å². The maximum Gasteiger partial charge on any atom is 0.303 e. The minimum atomic E-state index is -0.777. The van der Waals surface area contributed by atoms with Crippen molar-refractivity contribution in [1.29, 1.82) is 0 Å². The Morgan fingerprint density at radius 3 is 2.00 bits per heavy atom. The second-order valence-corrected chi connectivity index (χ2v) is 6.40. The molecule has 0 heterocycles. The first-order valence-electron chi connectivity index (χ1n) is 8.00. The number of ether oxygens (including phenoxy) is 1. The smallest absolute Gasteiger partial charge is 0.303 e. The monoisotopic (exact) mass is 312 g/mol. The van der Waals surface area contributed by atoms with Gasteiger partial charge in [0, 0.05) is 6.42 Å². The molecule has 23 heavy (non-hydrogen) atoms. The number of benzene rings is 2. The molecule has 122 valence electrons. The Morgan fingerprint density at radius 1 is 1.00 bits per heavy atom. The number of rotatable bonds is 7. The summed E-state index contributed by atoms with van der Waals surface area (Å²) in [6, 6.07) is 15.8. The number of hydrogen-bond acceptors (Lipinski definition) is 2. The van der Waals surface area contributed by atoms with Gasteiger partial charge in [-0.05, 0) is 53.6 Å². The molecule has 3 nitrogen and oxygen atoms in total. The Kier molecular flexibility index (Phi) is 5.43. The molecule has 0 spiro atoms. The summed E-state index contributed by atoms with van der Waals surface area (Å²) in [7, 11) is 0. The lowest BCUT2D eigenvalue weighted by Gasteiger charge is -2.23. The molecule has 0 unspecified atom stereocenters. The summed E-state index contributed by atoms with van der Waals surface area (Å²) in [5.41, 5.74) is 2.47. The van der Waals surface area contributed by atoms with Gasteiger partial charge in [0.15, 0.2) is 0 Å². The molecule has 0 saturated carbocycles. The lowest BCUT2D eigenvalue weighted by atomic mass is 9.82. The minimum Gasteiger partial charge on any atom is -0.481 e. The van der Waals surface area contributed by atoms with Gasteiger partial charge in [0.2, 0.25) is 0 Å². The van der Waals surface area contributed by atoms with Crippen molar-refractivity contribution in [3.8, 4) is 11.5 Å². The summed E-state index contributed by atoms with van der Waals surface area (Å²) in [4.78, 5) is 10.6. The standard InChI is InChI=1S/C20H24O3/c1-4-20(2,3)16-8-12-18(13-9-16)23-17-10-5-15(6-11-17)7-14-19(21)22/h5-6,8-13H,4,7,14H2,1-3H3,(H,21,22). The average molecular weight is 312 g/mol. The first-order chi connectivity index (χ1) is 10.9. The number of aliphatic carboxylic acids is 1. The van der Waals surface area contributed by atoms with Crippen LogP contribution < -0.4 is 4.74 Å². The zero-order chi connectivity index (χ0) is 16.9. The van der Waals surface area contributed by atoms with Crippen LogP contribution in [0.25, 0.3) is 0 Å². The molecule has 0 aliphatic heterocycles. The van der Waals surface area contributed by atoms with Gasteiger partial charge in [-0.3, -0.25) is 4.79 Å². The zero-order valence-electron chi connectivity index (χ0n) is 14.0. The Morgan fingerprint density at radius 2 is 1.52 bits per heavy atom. The fraction of sp³-hybridized carbons (Fsp3) is 0.350. The normalized spacial score (nSPS) is 11.3. The first-order valence-corrected chi connectivity index (χ1v) is 8.00. The second-order valence-electron chi connectivity index (χ2n) is 6.40. The molecular formula is C20H24O3. The van der Waals surface area contributed by atoms with Crippen molar-refractivity contribution < 1.29 is 14.6 Å². The van der Waals surface area contributed by atoms with E-state index in [1.807, 2.05) is 36.4 Å². The van der Waals surface area contributed by atoms with Crippen LogP contribution in [-0.2, 0) is 16.6 Å². The minimum absolute atomic E-state index is 0.148. The first kappa shape index (κ1) is 17.1. The van der Waals surface area contributed by atoms with Crippen molar-refractivity contribution >= 4 is 5.97 Å². The van der Waals surface area contributed by atoms with Gasteiger partial charge in [-0.1, -0.05) is 45.0 Å². The topological polar surface area (TPSA) is 46.5 Å². The van der Waals surface area contributed by atoms with E-state index >= 15 is 0 Å². The average Bonchev–Trinajstić information content (AvgIpc) is 2.54. The fourth-order valence-corrected chi connectivity index (χ4v) is 2.29. The van der Waals surface area contributed by atoms with Crippen molar-refractivity contribution in [3.63, 3.8) is 0 Å². The van der Waals surface area contributed by atoms with E-state index in [-0.39, 0.29) is 11.8 Å². The summed E-state index contributed by atoms with van der Waals surface area (Å²) in [5.74, 6) is 0.783. The third-order valence-corrected chi connectivity index (χ3v) is 4.31. The molecule has 0 aliphatic carbocycles. The molecule has 0 amide bonds. The van der Waals surface area contributed by atoms with Crippen LogP contribution in [0.5, 0.6) is 11.5 Å². The molecule has 1 N–H and O–H groups in total. The number of aryl methyl sites for hydroxylation is 1. The van der Waals surface area contributed by atoms with E-state index in [2.05, 4.69) is 32.9 Å². The maximum absolute atomic E-state index is 10.6. The van der Waals surface area contributed by atoms with Crippen LogP contribution in [0.15, 0.2) is 48.5 Å². The van der Waals surface area contributed by atoms with Crippen molar-refractivity contribution in [1.82, 2.24) is 0 Å². The molecule has 0 fully saturated rings. The van der Waals surface area contributed by atoms with E-state index in [9.17, 15) is 4.79 Å². The van der Waals surface area contributed by atoms with Crippen LogP contribution in [0.3, 0.4) is 0 Å². The number of hydrogen-bond donors (Lipinski definition) is 1. The van der Waals surface area contributed by atoms with E-state index in [4.69, 9.17) is 9.84 Å². The van der Waals surface area contributed by atoms with Gasteiger partial charge in [0.05, 0.1) is 0 Å². The van der Waals surface area contributed by atoms with Crippen LogP contribution in [0, 0.1) is 0 Å². The van der Waals surface area contributed by atoms with E-state index in [1.54, 1.807) is 0 Å². The predicted octanol–water partition coefficient (Wildman–Crippen LogP) is 5.18. The van der Waals surface area contributed by atoms with Gasteiger partial charge in [-0.15, -0.1) is 0 Å². The van der Waals surface area contributed by atoms with Crippen LogP contribution in [0.4, 0.5) is 0 Å². The lowest BCUT2D eigenvalue weighted by Crippen LogP contribution is -2.14. The molecule has 2 aromatic carbocycles. The van der Waals surface area contributed by atoms with Crippen LogP contribution in [0.2, 0.25) is 0 Å². The van der Waals surface area contributed by atoms with Gasteiger partial charge in [0.1, 0.15) is 11.5 Å². The van der Waals surface area contributed by atoms with Crippen molar-refractivity contribution in [3.05, 3.63) is 59.7 Å². The predicted molar refractivity (Wildman–Crippen MR) is 92.2 cm³/mol. The molecule has 0 saturated heterocycles. The quantitative estimate of drug-likeness (QED) is 0.766. The molecular weight excluding hydrogens is 288 g/mol. The Bertz CT molecular complexity index is 640.